The third-order valence-electron chi connectivity index (χ3n) is 5.63. The molecular weight excluding hydrogens is 388 g/mol. The first-order chi connectivity index (χ1) is 14.9. The minimum atomic E-state index is 0.0231. The van der Waals surface area contributed by atoms with E-state index in [1.807, 2.05) is 50.6 Å². The molecule has 6 nitrogen and oxygen atoms in total. The fourth-order valence-electron chi connectivity index (χ4n) is 3.95. The van der Waals surface area contributed by atoms with Crippen molar-refractivity contribution >= 4 is 11.6 Å². The molecule has 0 aliphatic heterocycles. The van der Waals surface area contributed by atoms with E-state index in [0.717, 1.165) is 47.0 Å². The van der Waals surface area contributed by atoms with Crippen LogP contribution < -0.4 is 14.8 Å². The average molecular weight is 419 g/mol. The Morgan fingerprint density at radius 1 is 1.06 bits per heavy atom. The number of benzene rings is 2. The van der Waals surface area contributed by atoms with E-state index in [-0.39, 0.29) is 5.41 Å². The highest BCUT2D eigenvalue weighted by Gasteiger charge is 2.32. The van der Waals surface area contributed by atoms with Crippen LogP contribution in [0.3, 0.4) is 0 Å². The van der Waals surface area contributed by atoms with Gasteiger partial charge in [0.05, 0.1) is 12.8 Å². The number of methoxy groups -OCH3 is 1. The number of anilines is 2. The third kappa shape index (κ3) is 4.64. The van der Waals surface area contributed by atoms with Gasteiger partial charge in [0.2, 0.25) is 5.95 Å². The van der Waals surface area contributed by atoms with Gasteiger partial charge in [-0.05, 0) is 73.5 Å². The van der Waals surface area contributed by atoms with Gasteiger partial charge in [-0.1, -0.05) is 19.9 Å². The van der Waals surface area contributed by atoms with Crippen LogP contribution in [0.1, 0.15) is 25.0 Å². The lowest BCUT2D eigenvalue weighted by atomic mass is 9.72. The topological polar surface area (TPSA) is 59.5 Å². The van der Waals surface area contributed by atoms with Crippen molar-refractivity contribution in [3.63, 3.8) is 0 Å². The van der Waals surface area contributed by atoms with Crippen LogP contribution >= 0.6 is 0 Å². The van der Waals surface area contributed by atoms with Gasteiger partial charge in [0.25, 0.3) is 0 Å². The van der Waals surface area contributed by atoms with Crippen LogP contribution in [0.2, 0.25) is 0 Å². The number of likely N-dealkylation sites (N-methyl/N-ethyl adjacent to an activating group) is 1. The summed E-state index contributed by atoms with van der Waals surface area (Å²) in [4.78, 5) is 11.5. The Hall–Kier alpha value is -3.12. The molecule has 0 unspecified atom stereocenters. The Labute approximate surface area is 184 Å². The molecule has 0 saturated carbocycles. The molecule has 0 amide bonds. The molecule has 0 spiro atoms. The van der Waals surface area contributed by atoms with Crippen molar-refractivity contribution in [3.05, 3.63) is 59.8 Å². The zero-order valence-electron chi connectivity index (χ0n) is 18.9. The molecule has 1 aliphatic rings. The van der Waals surface area contributed by atoms with Crippen molar-refractivity contribution in [2.24, 2.45) is 0 Å². The smallest absolute Gasteiger partial charge is 0.227 e. The molecule has 0 bridgehead atoms. The number of nitrogens with one attached hydrogen (secondary N) is 1. The maximum Gasteiger partial charge on any atom is 0.227 e. The molecule has 0 saturated heterocycles. The van der Waals surface area contributed by atoms with E-state index >= 15 is 0 Å². The van der Waals surface area contributed by atoms with E-state index in [9.17, 15) is 0 Å². The van der Waals surface area contributed by atoms with Crippen LogP contribution in [0.5, 0.6) is 11.5 Å². The summed E-state index contributed by atoms with van der Waals surface area (Å²) in [5.74, 6) is 2.26. The molecule has 1 N–H and O–H groups in total. The van der Waals surface area contributed by atoms with Gasteiger partial charge in [-0.2, -0.15) is 0 Å². The largest absolute Gasteiger partial charge is 0.497 e. The Kier molecular flexibility index (Phi) is 5.83. The minimum Gasteiger partial charge on any atom is -0.497 e. The second kappa shape index (κ2) is 8.55. The van der Waals surface area contributed by atoms with Crippen LogP contribution in [0.4, 0.5) is 11.6 Å². The van der Waals surface area contributed by atoms with Gasteiger partial charge in [-0.25, -0.2) is 9.97 Å². The fraction of sp³-hybridized carbons (Fsp3) is 0.360. The number of rotatable bonds is 7. The predicted octanol–water partition coefficient (Wildman–Crippen LogP) is 4.67. The average Bonchev–Trinajstić information content (AvgIpc) is 2.74. The molecular formula is C25H30N4O2. The Morgan fingerprint density at radius 3 is 2.52 bits per heavy atom. The molecule has 2 aromatic carbocycles. The van der Waals surface area contributed by atoms with Crippen molar-refractivity contribution in [1.29, 1.82) is 0 Å². The monoisotopic (exact) mass is 418 g/mol. The van der Waals surface area contributed by atoms with E-state index in [1.54, 1.807) is 7.11 Å². The molecule has 1 heterocycles. The molecule has 0 atom stereocenters. The number of ether oxygens (including phenoxy) is 2. The molecule has 1 aromatic heterocycles. The lowest BCUT2D eigenvalue weighted by molar-refractivity contribution is 0.261. The Morgan fingerprint density at radius 2 is 1.81 bits per heavy atom. The number of fused-ring (bicyclic) bond motifs is 3. The van der Waals surface area contributed by atoms with Crippen LogP contribution in [0.15, 0.2) is 48.7 Å². The number of nitrogens with zero attached hydrogens (tertiary/aromatic N) is 3. The molecule has 162 valence electrons. The summed E-state index contributed by atoms with van der Waals surface area (Å²) < 4.78 is 11.2. The van der Waals surface area contributed by atoms with Crippen molar-refractivity contribution in [2.75, 3.05) is 39.7 Å². The highest BCUT2D eigenvalue weighted by molar-refractivity contribution is 5.74. The van der Waals surface area contributed by atoms with Gasteiger partial charge < -0.3 is 19.7 Å². The van der Waals surface area contributed by atoms with E-state index in [4.69, 9.17) is 14.5 Å². The van der Waals surface area contributed by atoms with Crippen LogP contribution in [0.25, 0.3) is 11.3 Å². The molecule has 0 fully saturated rings. The number of aromatic nitrogens is 2. The van der Waals surface area contributed by atoms with Crippen molar-refractivity contribution in [3.8, 4) is 22.8 Å². The van der Waals surface area contributed by atoms with E-state index < -0.39 is 0 Å². The maximum absolute atomic E-state index is 5.76. The zero-order chi connectivity index (χ0) is 22.0. The summed E-state index contributed by atoms with van der Waals surface area (Å²) in [6, 6.07) is 14.1. The Balaban J connectivity index is 1.56. The highest BCUT2D eigenvalue weighted by Crippen LogP contribution is 2.43. The lowest BCUT2D eigenvalue weighted by Gasteiger charge is -2.33. The first-order valence-electron chi connectivity index (χ1n) is 10.6. The van der Waals surface area contributed by atoms with Crippen molar-refractivity contribution in [1.82, 2.24) is 14.9 Å². The molecule has 6 heteroatoms. The van der Waals surface area contributed by atoms with E-state index in [2.05, 4.69) is 41.2 Å². The lowest BCUT2D eigenvalue weighted by Crippen LogP contribution is -2.26. The number of hydrogen-bond donors (Lipinski definition) is 1. The molecule has 1 aliphatic carbocycles. The highest BCUT2D eigenvalue weighted by atomic mass is 16.5. The fourth-order valence-corrected chi connectivity index (χ4v) is 3.95. The second-order valence-corrected chi connectivity index (χ2v) is 8.84. The quantitative estimate of drug-likeness (QED) is 0.602. The van der Waals surface area contributed by atoms with Gasteiger partial charge in [-0.15, -0.1) is 0 Å². The van der Waals surface area contributed by atoms with Crippen LogP contribution in [0, 0.1) is 0 Å². The van der Waals surface area contributed by atoms with Gasteiger partial charge >= 0.3 is 0 Å². The van der Waals surface area contributed by atoms with Gasteiger partial charge in [-0.3, -0.25) is 0 Å². The molecule has 3 aromatic rings. The molecule has 31 heavy (non-hydrogen) atoms. The summed E-state index contributed by atoms with van der Waals surface area (Å²) in [6.45, 7) is 6.06. The normalized spacial score (nSPS) is 14.0. The number of hydrogen-bond acceptors (Lipinski definition) is 6. The first kappa shape index (κ1) is 21.1. The zero-order valence-corrected chi connectivity index (χ0v) is 18.9. The van der Waals surface area contributed by atoms with Gasteiger partial charge in [0.1, 0.15) is 18.1 Å². The predicted molar refractivity (Wildman–Crippen MR) is 125 cm³/mol. The Bertz CT molecular complexity index is 1060. The molecule has 0 radical (unpaired) electrons. The summed E-state index contributed by atoms with van der Waals surface area (Å²) in [5, 5.41) is 3.32. The summed E-state index contributed by atoms with van der Waals surface area (Å²) in [6.07, 6.45) is 2.84. The van der Waals surface area contributed by atoms with Crippen LogP contribution in [-0.4, -0.2) is 49.2 Å². The van der Waals surface area contributed by atoms with Gasteiger partial charge in [0, 0.05) is 24.0 Å². The van der Waals surface area contributed by atoms with E-state index in [0.29, 0.717) is 12.6 Å². The minimum absolute atomic E-state index is 0.0231. The van der Waals surface area contributed by atoms with Crippen molar-refractivity contribution < 1.29 is 9.47 Å². The van der Waals surface area contributed by atoms with Gasteiger partial charge in [0.15, 0.2) is 0 Å². The molecule has 4 rings (SSSR count). The van der Waals surface area contributed by atoms with Crippen LogP contribution in [-0.2, 0) is 11.8 Å². The van der Waals surface area contributed by atoms with Crippen molar-refractivity contribution in [2.45, 2.75) is 25.7 Å². The second-order valence-electron chi connectivity index (χ2n) is 8.84. The summed E-state index contributed by atoms with van der Waals surface area (Å²) in [7, 11) is 5.76. The van der Waals surface area contributed by atoms with E-state index in [1.165, 1.54) is 5.56 Å². The standard InChI is InChI=1S/C25H30N4O2/c1-25(2)15-17-16-26-24(28-23(17)21-14-20(30-5)10-11-22(21)25)27-18-6-8-19(9-7-18)31-13-12-29(3)4/h6-11,14,16H,12-13,15H2,1-5H3,(H,26,27,28). The SMILES string of the molecule is COc1ccc2c(c1)-c1nc(Nc3ccc(OCCN(C)C)cc3)ncc1CC2(C)C. The summed E-state index contributed by atoms with van der Waals surface area (Å²) >= 11 is 0. The first-order valence-corrected chi connectivity index (χ1v) is 10.6. The maximum atomic E-state index is 5.76. The summed E-state index contributed by atoms with van der Waals surface area (Å²) in [5.41, 5.74) is 5.46. The third-order valence-corrected chi connectivity index (χ3v) is 5.63.